The molecule has 0 bridgehead atoms. The number of hydrogen-bond donors (Lipinski definition) is 0. The molecule has 0 amide bonds. The maximum Gasteiger partial charge on any atom is 0.274 e. The van der Waals surface area contributed by atoms with Crippen LogP contribution >= 0.6 is 34.5 Å². The van der Waals surface area contributed by atoms with E-state index in [9.17, 15) is 4.79 Å². The summed E-state index contributed by atoms with van der Waals surface area (Å²) in [6.45, 7) is 0.249. The minimum Gasteiger partial charge on any atom is -0.493 e. The smallest absolute Gasteiger partial charge is 0.274 e. The van der Waals surface area contributed by atoms with E-state index in [1.165, 1.54) is 11.3 Å². The predicted molar refractivity (Wildman–Crippen MR) is 129 cm³/mol. The van der Waals surface area contributed by atoms with Crippen molar-refractivity contribution in [2.24, 2.45) is 0 Å². The van der Waals surface area contributed by atoms with E-state index >= 15 is 0 Å². The van der Waals surface area contributed by atoms with Gasteiger partial charge in [-0.15, -0.1) is 0 Å². The molecule has 0 fully saturated rings. The second kappa shape index (κ2) is 8.47. The third kappa shape index (κ3) is 3.71. The van der Waals surface area contributed by atoms with Crippen LogP contribution in [0.25, 0.3) is 22.1 Å². The minimum absolute atomic E-state index is 0.118. The van der Waals surface area contributed by atoms with Gasteiger partial charge in [0, 0.05) is 10.6 Å². The number of thiazole rings is 1. The Balaban J connectivity index is 1.53. The van der Waals surface area contributed by atoms with Crippen molar-refractivity contribution in [3.05, 3.63) is 96.7 Å². The van der Waals surface area contributed by atoms with Crippen molar-refractivity contribution >= 4 is 56.6 Å². The van der Waals surface area contributed by atoms with E-state index in [2.05, 4.69) is 4.98 Å². The summed E-state index contributed by atoms with van der Waals surface area (Å²) in [6, 6.07) is 18.5. The summed E-state index contributed by atoms with van der Waals surface area (Å²) in [4.78, 5) is 18.2. The molecule has 0 saturated carbocycles. The Kier molecular flexibility index (Phi) is 5.51. The molecule has 0 aliphatic heterocycles. The van der Waals surface area contributed by atoms with Crippen molar-refractivity contribution in [1.82, 2.24) is 9.38 Å². The van der Waals surface area contributed by atoms with Crippen LogP contribution in [0.4, 0.5) is 0 Å². The molecule has 0 spiro atoms. The summed E-state index contributed by atoms with van der Waals surface area (Å²) in [5, 5.41) is 0.993. The second-order valence-corrected chi connectivity index (χ2v) is 8.87. The molecule has 160 valence electrons. The number of fused-ring (bicyclic) bond motifs is 3. The number of hydrogen-bond acceptors (Lipinski definition) is 5. The molecule has 0 unspecified atom stereocenters. The fourth-order valence-electron chi connectivity index (χ4n) is 3.49. The van der Waals surface area contributed by atoms with E-state index in [1.807, 2.05) is 42.5 Å². The number of aromatic nitrogens is 2. The zero-order chi connectivity index (χ0) is 22.2. The van der Waals surface area contributed by atoms with E-state index in [0.29, 0.717) is 31.0 Å². The number of ether oxygens (including phenoxy) is 2. The van der Waals surface area contributed by atoms with Crippen LogP contribution in [-0.2, 0) is 6.61 Å². The van der Waals surface area contributed by atoms with Gasteiger partial charge >= 0.3 is 0 Å². The number of para-hydroxylation sites is 2. The van der Waals surface area contributed by atoms with E-state index < -0.39 is 0 Å². The van der Waals surface area contributed by atoms with Gasteiger partial charge in [-0.05, 0) is 42.0 Å². The Morgan fingerprint density at radius 3 is 2.66 bits per heavy atom. The molecular formula is C24H16Cl2N2O3S. The van der Waals surface area contributed by atoms with Crippen molar-refractivity contribution in [2.45, 2.75) is 6.61 Å². The monoisotopic (exact) mass is 482 g/mol. The Morgan fingerprint density at radius 1 is 1.06 bits per heavy atom. The van der Waals surface area contributed by atoms with E-state index in [0.717, 1.165) is 22.2 Å². The predicted octanol–water partition coefficient (Wildman–Crippen LogP) is 5.35. The van der Waals surface area contributed by atoms with Crippen molar-refractivity contribution < 1.29 is 9.47 Å². The number of rotatable bonds is 5. The topological polar surface area (TPSA) is 52.8 Å². The highest BCUT2D eigenvalue weighted by molar-refractivity contribution is 7.15. The molecule has 0 radical (unpaired) electrons. The summed E-state index contributed by atoms with van der Waals surface area (Å²) < 4.78 is 13.6. The molecule has 0 N–H and O–H groups in total. The molecule has 3 aromatic carbocycles. The maximum absolute atomic E-state index is 13.0. The first-order valence-corrected chi connectivity index (χ1v) is 11.3. The van der Waals surface area contributed by atoms with Gasteiger partial charge in [-0.3, -0.25) is 4.79 Å². The first kappa shape index (κ1) is 20.8. The van der Waals surface area contributed by atoms with Gasteiger partial charge in [0.05, 0.1) is 27.7 Å². The van der Waals surface area contributed by atoms with Crippen LogP contribution in [0.5, 0.6) is 11.5 Å². The average molecular weight is 483 g/mol. The second-order valence-electron chi connectivity index (χ2n) is 7.05. The fourth-order valence-corrected chi connectivity index (χ4v) is 4.94. The Hall–Kier alpha value is -3.06. The molecule has 5 nitrogen and oxygen atoms in total. The van der Waals surface area contributed by atoms with Crippen LogP contribution in [0, 0.1) is 0 Å². The molecule has 0 aliphatic carbocycles. The van der Waals surface area contributed by atoms with Gasteiger partial charge in [0.25, 0.3) is 5.56 Å². The van der Waals surface area contributed by atoms with Crippen LogP contribution < -0.4 is 19.6 Å². The molecule has 32 heavy (non-hydrogen) atoms. The lowest BCUT2D eigenvalue weighted by Gasteiger charge is -2.14. The quantitative estimate of drug-likeness (QED) is 0.338. The number of imidazole rings is 1. The zero-order valence-corrected chi connectivity index (χ0v) is 19.2. The third-order valence-electron chi connectivity index (χ3n) is 5.02. The van der Waals surface area contributed by atoms with Crippen LogP contribution in [0.3, 0.4) is 0 Å². The molecule has 2 heterocycles. The Morgan fingerprint density at radius 2 is 1.84 bits per heavy atom. The molecule has 2 aromatic heterocycles. The number of benzene rings is 3. The molecular weight excluding hydrogens is 467 g/mol. The lowest BCUT2D eigenvalue weighted by atomic mass is 10.2. The lowest BCUT2D eigenvalue weighted by molar-refractivity contribution is 0.285. The van der Waals surface area contributed by atoms with Gasteiger partial charge in [0.2, 0.25) is 0 Å². The fraction of sp³-hybridized carbons (Fsp3) is 0.0833. The number of halogens is 2. The van der Waals surface area contributed by atoms with Crippen molar-refractivity contribution in [3.8, 4) is 11.5 Å². The molecule has 5 rings (SSSR count). The van der Waals surface area contributed by atoms with Gasteiger partial charge in [0.15, 0.2) is 16.5 Å². The van der Waals surface area contributed by atoms with E-state index in [4.69, 9.17) is 32.7 Å². The maximum atomic E-state index is 13.0. The van der Waals surface area contributed by atoms with Crippen LogP contribution in [0.1, 0.15) is 11.1 Å². The summed E-state index contributed by atoms with van der Waals surface area (Å²) in [5.41, 5.74) is 3.04. The highest BCUT2D eigenvalue weighted by Gasteiger charge is 2.14. The van der Waals surface area contributed by atoms with Gasteiger partial charge in [-0.1, -0.05) is 64.9 Å². The summed E-state index contributed by atoms with van der Waals surface area (Å²) in [5.74, 6) is 0.885. The van der Waals surface area contributed by atoms with Crippen molar-refractivity contribution in [2.75, 3.05) is 7.11 Å². The van der Waals surface area contributed by atoms with Crippen LogP contribution in [0.2, 0.25) is 10.0 Å². The normalized spacial score (nSPS) is 12.0. The Labute approximate surface area is 197 Å². The van der Waals surface area contributed by atoms with E-state index in [-0.39, 0.29) is 12.2 Å². The summed E-state index contributed by atoms with van der Waals surface area (Å²) >= 11 is 14.1. The SMILES string of the molecule is COc1cc(C=c2sc3nc4ccccc4n3c2=O)cc(Cl)c1OCc1ccccc1Cl. The minimum atomic E-state index is -0.118. The van der Waals surface area contributed by atoms with E-state index in [1.54, 1.807) is 35.8 Å². The molecule has 5 aromatic rings. The number of methoxy groups -OCH3 is 1. The Bertz CT molecular complexity index is 1580. The highest BCUT2D eigenvalue weighted by atomic mass is 35.5. The van der Waals surface area contributed by atoms with Gasteiger partial charge in [0.1, 0.15) is 6.61 Å². The van der Waals surface area contributed by atoms with Gasteiger partial charge < -0.3 is 9.47 Å². The van der Waals surface area contributed by atoms with Crippen LogP contribution in [-0.4, -0.2) is 16.5 Å². The first-order valence-electron chi connectivity index (χ1n) is 9.70. The molecule has 0 atom stereocenters. The zero-order valence-electron chi connectivity index (χ0n) is 16.8. The summed E-state index contributed by atoms with van der Waals surface area (Å²) in [7, 11) is 1.54. The first-order chi connectivity index (χ1) is 15.5. The lowest BCUT2D eigenvalue weighted by Crippen LogP contribution is -2.22. The molecule has 8 heteroatoms. The van der Waals surface area contributed by atoms with Crippen molar-refractivity contribution in [3.63, 3.8) is 0 Å². The third-order valence-corrected chi connectivity index (χ3v) is 6.64. The molecule has 0 aliphatic rings. The van der Waals surface area contributed by atoms with Gasteiger partial charge in [-0.25, -0.2) is 9.38 Å². The largest absolute Gasteiger partial charge is 0.493 e. The van der Waals surface area contributed by atoms with Gasteiger partial charge in [-0.2, -0.15) is 0 Å². The summed E-state index contributed by atoms with van der Waals surface area (Å²) in [6.07, 6.45) is 1.78. The average Bonchev–Trinajstić information content (AvgIpc) is 3.30. The van der Waals surface area contributed by atoms with Crippen molar-refractivity contribution in [1.29, 1.82) is 0 Å². The standard InChI is InChI=1S/C24H16Cl2N2O3S/c1-30-20-11-14(10-17(26)22(20)31-13-15-6-2-3-7-16(15)25)12-21-23(29)28-19-9-5-4-8-18(19)27-24(28)32-21/h2-12H,13H2,1H3. The number of nitrogens with zero attached hydrogens (tertiary/aromatic N) is 2. The molecule has 0 saturated heterocycles. The highest BCUT2D eigenvalue weighted by Crippen LogP contribution is 2.37. The van der Waals surface area contributed by atoms with Crippen LogP contribution in [0.15, 0.2) is 65.5 Å².